The van der Waals surface area contributed by atoms with Gasteiger partial charge in [-0.1, -0.05) is 30.7 Å². The molecule has 1 N–H and O–H groups in total. The summed E-state index contributed by atoms with van der Waals surface area (Å²) in [7, 11) is 0. The van der Waals surface area contributed by atoms with Gasteiger partial charge in [0.2, 0.25) is 5.43 Å². The molecular formula is C34H36F3N5O4. The van der Waals surface area contributed by atoms with E-state index in [4.69, 9.17) is 0 Å². The fourth-order valence-corrected chi connectivity index (χ4v) is 8.42. The first kappa shape index (κ1) is 30.5. The van der Waals surface area contributed by atoms with Crippen LogP contribution in [0.5, 0.6) is 0 Å². The van der Waals surface area contributed by atoms with Gasteiger partial charge in [0.15, 0.2) is 11.6 Å². The van der Waals surface area contributed by atoms with E-state index in [1.165, 1.54) is 41.4 Å². The van der Waals surface area contributed by atoms with Gasteiger partial charge in [0.1, 0.15) is 11.5 Å². The monoisotopic (exact) mass is 635 g/mol. The van der Waals surface area contributed by atoms with E-state index in [0.29, 0.717) is 69.4 Å². The van der Waals surface area contributed by atoms with Crippen LogP contribution in [0.3, 0.4) is 0 Å². The van der Waals surface area contributed by atoms with Crippen molar-refractivity contribution in [2.45, 2.75) is 75.0 Å². The minimum atomic E-state index is -1.05. The second-order valence-corrected chi connectivity index (χ2v) is 12.8. The number of piperidine rings is 2. The minimum Gasteiger partial charge on any atom is -0.465 e. The van der Waals surface area contributed by atoms with Crippen LogP contribution < -0.4 is 5.43 Å². The van der Waals surface area contributed by atoms with Crippen LogP contribution in [0.25, 0.3) is 0 Å². The summed E-state index contributed by atoms with van der Waals surface area (Å²) < 4.78 is 46.7. The second-order valence-electron chi connectivity index (χ2n) is 12.8. The highest BCUT2D eigenvalue weighted by Crippen LogP contribution is 2.47. The fraction of sp³-hybridized carbons (Fsp3) is 0.471. The van der Waals surface area contributed by atoms with E-state index in [-0.39, 0.29) is 28.6 Å². The molecule has 3 aromatic rings. The molecule has 4 atom stereocenters. The number of hydrogen-bond acceptors (Lipinski definition) is 5. The maximum Gasteiger partial charge on any atom is 0.407 e. The second kappa shape index (κ2) is 12.2. The van der Waals surface area contributed by atoms with Crippen molar-refractivity contribution in [3.05, 3.63) is 98.7 Å². The van der Waals surface area contributed by atoms with Gasteiger partial charge in [-0.25, -0.2) is 18.0 Å². The molecule has 3 saturated heterocycles. The van der Waals surface area contributed by atoms with Crippen LogP contribution in [0.15, 0.2) is 53.5 Å². The number of carbonyl (C=O) groups excluding carboxylic acids is 1. The predicted octanol–water partition coefficient (Wildman–Crippen LogP) is 5.32. The Morgan fingerprint density at radius 1 is 0.913 bits per heavy atom. The number of aromatic nitrogens is 2. The van der Waals surface area contributed by atoms with E-state index in [2.05, 4.69) is 10.00 Å². The smallest absolute Gasteiger partial charge is 0.407 e. The molecule has 7 rings (SSSR count). The number of carbonyl (C=O) groups is 2. The molecule has 242 valence electrons. The summed E-state index contributed by atoms with van der Waals surface area (Å²) in [5.74, 6) is -3.85. The number of carboxylic acid groups (broad SMARTS) is 1. The standard InChI is InChI=1S/C34H36F3N5O4/c35-21-7-3-6-20(18-21)28(23-8-4-9-24(36)30(23)37)31-26-11-5-15-41(26)33(44)32-29(27(43)19-38-42(31)32)25-10-1-2-14-40(25)22-12-16-39(17-13-22)34(45)46/h3-4,6-9,18-19,22,25-26,28,31H,1-2,5,10-17H2,(H,45,46)/t25?,26-,28-,31-/m1/s1. The van der Waals surface area contributed by atoms with Crippen LogP contribution >= 0.6 is 0 Å². The Balaban J connectivity index is 1.39. The zero-order chi connectivity index (χ0) is 32.1. The van der Waals surface area contributed by atoms with Crippen molar-refractivity contribution in [2.75, 3.05) is 26.2 Å². The first-order valence-corrected chi connectivity index (χ1v) is 16.1. The van der Waals surface area contributed by atoms with E-state index >= 15 is 4.39 Å². The molecule has 3 fully saturated rings. The van der Waals surface area contributed by atoms with Crippen molar-refractivity contribution in [2.24, 2.45) is 0 Å². The van der Waals surface area contributed by atoms with Gasteiger partial charge in [0.05, 0.1) is 18.3 Å². The molecule has 0 aliphatic carbocycles. The van der Waals surface area contributed by atoms with Gasteiger partial charge in [-0.05, 0) is 68.8 Å². The molecule has 0 saturated carbocycles. The van der Waals surface area contributed by atoms with Gasteiger partial charge in [-0.3, -0.25) is 19.2 Å². The van der Waals surface area contributed by atoms with E-state index in [1.54, 1.807) is 15.6 Å². The first-order chi connectivity index (χ1) is 22.2. The molecule has 2 amide bonds. The van der Waals surface area contributed by atoms with Crippen LogP contribution in [0.1, 0.15) is 90.1 Å². The molecule has 4 aliphatic heterocycles. The van der Waals surface area contributed by atoms with Gasteiger partial charge in [0.25, 0.3) is 5.91 Å². The number of fused-ring (bicyclic) bond motifs is 2. The Morgan fingerprint density at radius 3 is 2.46 bits per heavy atom. The van der Waals surface area contributed by atoms with Crippen molar-refractivity contribution in [3.63, 3.8) is 0 Å². The maximum atomic E-state index is 15.7. The molecule has 4 aliphatic rings. The maximum absolute atomic E-state index is 15.7. The molecular weight excluding hydrogens is 599 g/mol. The Hall–Kier alpha value is -4.19. The van der Waals surface area contributed by atoms with Gasteiger partial charge in [0, 0.05) is 48.8 Å². The normalized spacial score (nSPS) is 24.5. The summed E-state index contributed by atoms with van der Waals surface area (Å²) in [6.07, 6.45) is 5.16. The van der Waals surface area contributed by atoms with Gasteiger partial charge in [-0.15, -0.1) is 0 Å². The number of halogens is 3. The number of rotatable bonds is 5. The van der Waals surface area contributed by atoms with Crippen molar-refractivity contribution in [1.82, 2.24) is 24.5 Å². The van der Waals surface area contributed by atoms with E-state index in [1.807, 2.05) is 0 Å². The van der Waals surface area contributed by atoms with Crippen LogP contribution in [-0.2, 0) is 0 Å². The first-order valence-electron chi connectivity index (χ1n) is 16.1. The van der Waals surface area contributed by atoms with Gasteiger partial charge in [-0.2, -0.15) is 5.10 Å². The average Bonchev–Trinajstić information content (AvgIpc) is 3.55. The molecule has 5 heterocycles. The molecule has 1 unspecified atom stereocenters. The van der Waals surface area contributed by atoms with Crippen molar-refractivity contribution in [1.29, 1.82) is 0 Å². The number of likely N-dealkylation sites (tertiary alicyclic amines) is 2. The third-order valence-electron chi connectivity index (χ3n) is 10.4. The minimum absolute atomic E-state index is 0.0225. The average molecular weight is 636 g/mol. The molecule has 0 spiro atoms. The van der Waals surface area contributed by atoms with Crippen LogP contribution in [-0.4, -0.2) is 79.8 Å². The summed E-state index contributed by atoms with van der Waals surface area (Å²) >= 11 is 0. The lowest BCUT2D eigenvalue weighted by molar-refractivity contribution is 0.0434. The Kier molecular flexibility index (Phi) is 8.08. The zero-order valence-corrected chi connectivity index (χ0v) is 25.3. The topological polar surface area (TPSA) is 99.0 Å². The highest BCUT2D eigenvalue weighted by atomic mass is 19.2. The summed E-state index contributed by atoms with van der Waals surface area (Å²) in [5, 5.41) is 14.0. The number of amides is 2. The molecule has 46 heavy (non-hydrogen) atoms. The van der Waals surface area contributed by atoms with Gasteiger partial charge >= 0.3 is 6.09 Å². The Bertz CT molecular complexity index is 1730. The Morgan fingerprint density at radius 2 is 1.70 bits per heavy atom. The summed E-state index contributed by atoms with van der Waals surface area (Å²) in [6.45, 7) is 1.92. The highest BCUT2D eigenvalue weighted by Gasteiger charge is 2.50. The molecule has 0 bridgehead atoms. The van der Waals surface area contributed by atoms with Crippen LogP contribution in [0, 0.1) is 17.5 Å². The van der Waals surface area contributed by atoms with Crippen LogP contribution in [0.2, 0.25) is 0 Å². The van der Waals surface area contributed by atoms with Crippen molar-refractivity contribution >= 4 is 12.0 Å². The lowest BCUT2D eigenvalue weighted by Crippen LogP contribution is -2.54. The predicted molar refractivity (Wildman–Crippen MR) is 162 cm³/mol. The zero-order valence-electron chi connectivity index (χ0n) is 25.3. The van der Waals surface area contributed by atoms with E-state index < -0.39 is 47.6 Å². The fourth-order valence-electron chi connectivity index (χ4n) is 8.42. The highest BCUT2D eigenvalue weighted by molar-refractivity contribution is 5.95. The number of benzene rings is 2. The molecule has 9 nitrogen and oxygen atoms in total. The quantitative estimate of drug-likeness (QED) is 0.408. The van der Waals surface area contributed by atoms with Crippen molar-refractivity contribution in [3.8, 4) is 0 Å². The largest absolute Gasteiger partial charge is 0.465 e. The van der Waals surface area contributed by atoms with Crippen molar-refractivity contribution < 1.29 is 27.9 Å². The summed E-state index contributed by atoms with van der Waals surface area (Å²) in [4.78, 5) is 45.2. The number of nitrogens with zero attached hydrogens (tertiary/aromatic N) is 5. The van der Waals surface area contributed by atoms with E-state index in [0.717, 1.165) is 18.9 Å². The molecule has 2 aromatic carbocycles. The van der Waals surface area contributed by atoms with Gasteiger partial charge < -0.3 is 14.9 Å². The molecule has 0 radical (unpaired) electrons. The lowest BCUT2D eigenvalue weighted by Gasteiger charge is -2.46. The summed E-state index contributed by atoms with van der Waals surface area (Å²) in [5.41, 5.74) is 0.555. The summed E-state index contributed by atoms with van der Waals surface area (Å²) in [6, 6.07) is 8.17. The SMILES string of the molecule is O=C(O)N1CCC(N2CCCCC2c2c3n(ncc2=O)[C@@H]([C@H](c2cccc(F)c2)c2cccc(F)c2F)[C@H]2CCCN2C3=O)CC1. The third kappa shape index (κ3) is 5.16. The Labute approximate surface area is 264 Å². The van der Waals surface area contributed by atoms with Crippen LogP contribution in [0.4, 0.5) is 18.0 Å². The third-order valence-corrected chi connectivity index (χ3v) is 10.4. The lowest BCUT2D eigenvalue weighted by atomic mass is 9.79. The molecule has 1 aromatic heterocycles. The number of hydrogen-bond donors (Lipinski definition) is 1. The molecule has 12 heteroatoms. The van der Waals surface area contributed by atoms with E-state index in [9.17, 15) is 28.3 Å².